The van der Waals surface area contributed by atoms with Gasteiger partial charge in [-0.2, -0.15) is 0 Å². The molecule has 1 aliphatic rings. The summed E-state index contributed by atoms with van der Waals surface area (Å²) in [7, 11) is 0. The number of piperidine rings is 1. The fourth-order valence-corrected chi connectivity index (χ4v) is 6.58. The molecule has 1 radical (unpaired) electrons. The highest BCUT2D eigenvalue weighted by molar-refractivity contribution is 5.75. The molecule has 0 bridgehead atoms. The molecular formula is C36H72N3O2. The lowest BCUT2D eigenvalue weighted by Crippen LogP contribution is -2.52. The Bertz CT molecular complexity index is 585. The maximum Gasteiger partial charge on any atom is 0.320 e. The smallest absolute Gasteiger partial charge is 0.320 e. The van der Waals surface area contributed by atoms with Crippen LogP contribution in [0.3, 0.4) is 0 Å². The Kier molecular flexibility index (Phi) is 23.9. The summed E-state index contributed by atoms with van der Waals surface area (Å²) in [5.41, 5.74) is 0. The second-order valence-corrected chi connectivity index (χ2v) is 14.0. The summed E-state index contributed by atoms with van der Waals surface area (Å²) in [6, 6.07) is 0.336. The second-order valence-electron chi connectivity index (χ2n) is 14.0. The van der Waals surface area contributed by atoms with Gasteiger partial charge in [0.15, 0.2) is 0 Å². The molecule has 0 N–H and O–H groups in total. The Hall–Kier alpha value is -0.810. The zero-order chi connectivity index (χ0) is 30.1. The number of rotatable bonds is 26. The summed E-state index contributed by atoms with van der Waals surface area (Å²) in [6.07, 6.45) is 25.7. The zero-order valence-electron chi connectivity index (χ0n) is 28.5. The maximum absolute atomic E-state index is 13.8. The number of likely N-dealkylation sites (tertiary alicyclic amines) is 1. The van der Waals surface area contributed by atoms with Gasteiger partial charge in [-0.05, 0) is 43.9 Å². The van der Waals surface area contributed by atoms with Crippen LogP contribution in [0.15, 0.2) is 0 Å². The number of urea groups is 1. The van der Waals surface area contributed by atoms with E-state index in [2.05, 4.69) is 49.3 Å². The monoisotopic (exact) mass is 579 g/mol. The van der Waals surface area contributed by atoms with Crippen molar-refractivity contribution in [1.29, 1.82) is 0 Å². The van der Waals surface area contributed by atoms with Crippen LogP contribution in [0.5, 0.6) is 0 Å². The molecule has 1 fully saturated rings. The van der Waals surface area contributed by atoms with E-state index in [4.69, 9.17) is 0 Å². The lowest BCUT2D eigenvalue weighted by Gasteiger charge is -2.39. The average molecular weight is 579 g/mol. The molecule has 1 aliphatic heterocycles. The van der Waals surface area contributed by atoms with E-state index in [-0.39, 0.29) is 18.7 Å². The van der Waals surface area contributed by atoms with E-state index in [1.54, 1.807) is 0 Å². The molecule has 1 rings (SSSR count). The Morgan fingerprint density at radius 1 is 0.683 bits per heavy atom. The first-order valence-corrected chi connectivity index (χ1v) is 18.2. The van der Waals surface area contributed by atoms with E-state index in [1.807, 2.05) is 0 Å². The third-order valence-electron chi connectivity index (χ3n) is 8.81. The minimum atomic E-state index is -0.0792. The van der Waals surface area contributed by atoms with Gasteiger partial charge in [0.2, 0.25) is 0 Å². The molecule has 0 saturated carbocycles. The molecule has 2 amide bonds. The molecule has 1 unspecified atom stereocenters. The van der Waals surface area contributed by atoms with Gasteiger partial charge in [-0.25, -0.2) is 9.90 Å². The normalized spacial score (nSPS) is 15.9. The van der Waals surface area contributed by atoms with Crippen LogP contribution in [0.1, 0.15) is 163 Å². The van der Waals surface area contributed by atoms with Gasteiger partial charge in [-0.15, -0.1) is 0 Å². The van der Waals surface area contributed by atoms with Crippen molar-refractivity contribution in [2.45, 2.75) is 169 Å². The Morgan fingerprint density at radius 3 is 1.63 bits per heavy atom. The van der Waals surface area contributed by atoms with E-state index in [9.17, 15) is 9.90 Å². The van der Waals surface area contributed by atoms with Crippen molar-refractivity contribution < 1.29 is 9.90 Å². The SMILES string of the molecule is CCCCCCCCCCCCCCCCCCN(CCN(CC(C)C)CC(C)C)C(=O)N1CCCCC1CC[O]. The quantitative estimate of drug-likeness (QED) is 0.0959. The molecule has 41 heavy (non-hydrogen) atoms. The van der Waals surface area contributed by atoms with Crippen LogP contribution < -0.4 is 0 Å². The second kappa shape index (κ2) is 25.7. The summed E-state index contributed by atoms with van der Waals surface area (Å²) in [5.74, 6) is 1.25. The van der Waals surface area contributed by atoms with Crippen molar-refractivity contribution >= 4 is 6.03 Å². The van der Waals surface area contributed by atoms with Gasteiger partial charge in [-0.3, -0.25) is 0 Å². The summed E-state index contributed by atoms with van der Waals surface area (Å²) in [4.78, 5) is 20.5. The van der Waals surface area contributed by atoms with Crippen molar-refractivity contribution in [1.82, 2.24) is 14.7 Å². The Balaban J connectivity index is 2.38. The van der Waals surface area contributed by atoms with Crippen molar-refractivity contribution in [3.8, 4) is 0 Å². The molecule has 0 aromatic heterocycles. The molecule has 0 aromatic rings. The highest BCUT2D eigenvalue weighted by atomic mass is 16.3. The Labute approximate surface area is 257 Å². The Morgan fingerprint density at radius 2 is 1.17 bits per heavy atom. The average Bonchev–Trinajstić information content (AvgIpc) is 2.93. The van der Waals surface area contributed by atoms with Gasteiger partial charge < -0.3 is 14.7 Å². The summed E-state index contributed by atoms with van der Waals surface area (Å²) in [6.45, 7) is 16.9. The van der Waals surface area contributed by atoms with Gasteiger partial charge >= 0.3 is 6.03 Å². The first kappa shape index (κ1) is 38.2. The molecular weight excluding hydrogens is 506 g/mol. The topological polar surface area (TPSA) is 46.7 Å². The van der Waals surface area contributed by atoms with E-state index in [1.165, 1.54) is 96.3 Å². The van der Waals surface area contributed by atoms with Crippen molar-refractivity contribution in [2.24, 2.45) is 11.8 Å². The number of carbonyl (C=O) groups is 1. The van der Waals surface area contributed by atoms with Crippen LogP contribution >= 0.6 is 0 Å². The molecule has 1 saturated heterocycles. The van der Waals surface area contributed by atoms with Gasteiger partial charge in [0.05, 0.1) is 6.61 Å². The van der Waals surface area contributed by atoms with Crippen molar-refractivity contribution in [3.63, 3.8) is 0 Å². The minimum Gasteiger partial charge on any atom is -0.323 e. The van der Waals surface area contributed by atoms with Gasteiger partial charge in [0.1, 0.15) is 0 Å². The van der Waals surface area contributed by atoms with Gasteiger partial charge in [0, 0.05) is 45.3 Å². The molecule has 5 heteroatoms. The lowest BCUT2D eigenvalue weighted by molar-refractivity contribution is 0.0871. The fourth-order valence-electron chi connectivity index (χ4n) is 6.58. The predicted octanol–water partition coefficient (Wildman–Crippen LogP) is 9.96. The number of hydrogen-bond donors (Lipinski definition) is 0. The molecule has 1 heterocycles. The molecule has 1 atom stereocenters. The highest BCUT2D eigenvalue weighted by Crippen LogP contribution is 2.22. The lowest BCUT2D eigenvalue weighted by atomic mass is 10.00. The number of nitrogens with zero attached hydrogens (tertiary/aromatic N) is 3. The predicted molar refractivity (Wildman–Crippen MR) is 177 cm³/mol. The standard InChI is InChI=1S/C36H72N3O2/c1-6-7-8-9-10-11-12-13-14-15-16-17-18-19-20-22-26-38(29-28-37(31-33(2)3)32-34(4)5)36(41)39-27-23-21-24-35(39)25-30-40/h33-35H,6-32H2,1-5H3. The van der Waals surface area contributed by atoms with Crippen LogP contribution in [0, 0.1) is 11.8 Å². The number of amides is 2. The summed E-state index contributed by atoms with van der Waals surface area (Å²) in [5, 5.41) is 11.4. The van der Waals surface area contributed by atoms with Crippen LogP contribution in [0.4, 0.5) is 4.79 Å². The van der Waals surface area contributed by atoms with Gasteiger partial charge in [-0.1, -0.05) is 131 Å². The summed E-state index contributed by atoms with van der Waals surface area (Å²) >= 11 is 0. The van der Waals surface area contributed by atoms with Gasteiger partial charge in [0.25, 0.3) is 0 Å². The molecule has 0 aromatic carbocycles. The van der Waals surface area contributed by atoms with Crippen LogP contribution in [0.2, 0.25) is 0 Å². The van der Waals surface area contributed by atoms with Crippen molar-refractivity contribution in [3.05, 3.63) is 0 Å². The van der Waals surface area contributed by atoms with Crippen LogP contribution in [0.25, 0.3) is 0 Å². The zero-order valence-corrected chi connectivity index (χ0v) is 28.5. The van der Waals surface area contributed by atoms with Crippen molar-refractivity contribution in [2.75, 3.05) is 45.9 Å². The highest BCUT2D eigenvalue weighted by Gasteiger charge is 2.29. The van der Waals surface area contributed by atoms with E-state index in [0.717, 1.165) is 65.0 Å². The largest absolute Gasteiger partial charge is 0.323 e. The molecule has 0 aliphatic carbocycles. The molecule has 243 valence electrons. The number of hydrogen-bond acceptors (Lipinski definition) is 2. The minimum absolute atomic E-state index is 0.0792. The molecule has 0 spiro atoms. The van der Waals surface area contributed by atoms with Crippen LogP contribution in [-0.2, 0) is 5.11 Å². The van der Waals surface area contributed by atoms with E-state index < -0.39 is 0 Å². The number of carbonyl (C=O) groups excluding carboxylic acids is 1. The summed E-state index contributed by atoms with van der Waals surface area (Å²) < 4.78 is 0. The van der Waals surface area contributed by atoms with E-state index in [0.29, 0.717) is 18.3 Å². The third kappa shape index (κ3) is 19.9. The maximum atomic E-state index is 13.8. The van der Waals surface area contributed by atoms with Crippen LogP contribution in [-0.4, -0.2) is 72.6 Å². The fraction of sp³-hybridized carbons (Fsp3) is 0.972. The molecule has 5 nitrogen and oxygen atoms in total. The first-order valence-electron chi connectivity index (χ1n) is 18.2. The number of unbranched alkanes of at least 4 members (excludes halogenated alkanes) is 15. The first-order chi connectivity index (χ1) is 19.9. The third-order valence-corrected chi connectivity index (χ3v) is 8.81. The van der Waals surface area contributed by atoms with E-state index >= 15 is 0 Å².